The van der Waals surface area contributed by atoms with Crippen LogP contribution in [-0.2, 0) is 6.42 Å². The number of nitrogens with one attached hydrogen (secondary N) is 1. The van der Waals surface area contributed by atoms with Crippen LogP contribution in [0.4, 0.5) is 0 Å². The number of hydrogen-bond donors (Lipinski definition) is 1. The van der Waals surface area contributed by atoms with E-state index in [1.165, 1.54) is 5.56 Å². The van der Waals surface area contributed by atoms with E-state index in [4.69, 9.17) is 4.74 Å². The van der Waals surface area contributed by atoms with Crippen molar-refractivity contribution in [2.24, 2.45) is 0 Å². The van der Waals surface area contributed by atoms with Crippen molar-refractivity contribution in [3.63, 3.8) is 0 Å². The number of rotatable bonds is 7. The Morgan fingerprint density at radius 3 is 2.52 bits per heavy atom. The van der Waals surface area contributed by atoms with E-state index in [0.29, 0.717) is 6.04 Å². The van der Waals surface area contributed by atoms with Crippen LogP contribution in [0.1, 0.15) is 44.2 Å². The number of nitrogens with zero attached hydrogens (tertiary/aromatic N) is 2. The molecule has 0 bridgehead atoms. The molecular weight excluding hydrogens is 262 g/mol. The first-order valence-electron chi connectivity index (χ1n) is 7.60. The summed E-state index contributed by atoms with van der Waals surface area (Å²) in [6, 6.07) is 8.84. The van der Waals surface area contributed by atoms with Crippen molar-refractivity contribution >= 4 is 0 Å². The third-order valence-corrected chi connectivity index (χ3v) is 3.89. The van der Waals surface area contributed by atoms with Gasteiger partial charge in [0.05, 0.1) is 19.2 Å². The van der Waals surface area contributed by atoms with Crippen LogP contribution in [0.2, 0.25) is 0 Å². The fourth-order valence-corrected chi connectivity index (χ4v) is 2.75. The molecule has 4 heteroatoms. The SMILES string of the molecule is CCNC(c1ccc(OC)cc1)C(C)n1ccnc1CC. The van der Waals surface area contributed by atoms with Gasteiger partial charge in [-0.25, -0.2) is 4.98 Å². The minimum absolute atomic E-state index is 0.250. The molecule has 1 N–H and O–H groups in total. The third-order valence-electron chi connectivity index (χ3n) is 3.89. The maximum absolute atomic E-state index is 5.24. The van der Waals surface area contributed by atoms with E-state index in [0.717, 1.165) is 24.5 Å². The zero-order valence-electron chi connectivity index (χ0n) is 13.3. The molecule has 21 heavy (non-hydrogen) atoms. The number of methoxy groups -OCH3 is 1. The second-order valence-corrected chi connectivity index (χ2v) is 5.15. The van der Waals surface area contributed by atoms with Crippen LogP contribution in [0.15, 0.2) is 36.7 Å². The van der Waals surface area contributed by atoms with Crippen molar-refractivity contribution in [2.45, 2.75) is 39.3 Å². The number of hydrogen-bond acceptors (Lipinski definition) is 3. The van der Waals surface area contributed by atoms with E-state index < -0.39 is 0 Å². The lowest BCUT2D eigenvalue weighted by Gasteiger charge is -2.27. The first-order valence-corrected chi connectivity index (χ1v) is 7.60. The summed E-state index contributed by atoms with van der Waals surface area (Å²) in [6.45, 7) is 7.44. The Morgan fingerprint density at radius 2 is 1.95 bits per heavy atom. The summed E-state index contributed by atoms with van der Waals surface area (Å²) < 4.78 is 7.50. The Morgan fingerprint density at radius 1 is 1.24 bits per heavy atom. The van der Waals surface area contributed by atoms with E-state index in [1.54, 1.807) is 7.11 Å². The number of benzene rings is 1. The van der Waals surface area contributed by atoms with Crippen molar-refractivity contribution in [1.82, 2.24) is 14.9 Å². The van der Waals surface area contributed by atoms with E-state index in [-0.39, 0.29) is 6.04 Å². The Bertz CT molecular complexity index is 547. The zero-order valence-corrected chi connectivity index (χ0v) is 13.3. The van der Waals surface area contributed by atoms with Crippen LogP contribution in [0, 0.1) is 0 Å². The van der Waals surface area contributed by atoms with Gasteiger partial charge in [0, 0.05) is 18.8 Å². The molecule has 2 aromatic rings. The lowest BCUT2D eigenvalue weighted by Crippen LogP contribution is -2.29. The second-order valence-electron chi connectivity index (χ2n) is 5.15. The molecule has 0 fully saturated rings. The van der Waals surface area contributed by atoms with Crippen molar-refractivity contribution in [2.75, 3.05) is 13.7 Å². The zero-order chi connectivity index (χ0) is 15.2. The van der Waals surface area contributed by atoms with E-state index in [9.17, 15) is 0 Å². The average molecular weight is 287 g/mol. The van der Waals surface area contributed by atoms with Crippen LogP contribution >= 0.6 is 0 Å². The van der Waals surface area contributed by atoms with Crippen molar-refractivity contribution in [3.05, 3.63) is 48.0 Å². The fourth-order valence-electron chi connectivity index (χ4n) is 2.75. The van der Waals surface area contributed by atoms with Crippen LogP contribution in [-0.4, -0.2) is 23.2 Å². The molecule has 0 radical (unpaired) electrons. The van der Waals surface area contributed by atoms with Gasteiger partial charge in [0.1, 0.15) is 11.6 Å². The van der Waals surface area contributed by atoms with Gasteiger partial charge in [-0.05, 0) is 31.2 Å². The molecular formula is C17H25N3O. The smallest absolute Gasteiger partial charge is 0.118 e. The topological polar surface area (TPSA) is 39.1 Å². The minimum atomic E-state index is 0.250. The lowest BCUT2D eigenvalue weighted by atomic mass is 9.99. The quantitative estimate of drug-likeness (QED) is 0.848. The number of likely N-dealkylation sites (N-methyl/N-ethyl adjacent to an activating group) is 1. The van der Waals surface area contributed by atoms with E-state index in [2.05, 4.69) is 54.0 Å². The second kappa shape index (κ2) is 7.27. The molecule has 0 aliphatic rings. The van der Waals surface area contributed by atoms with Gasteiger partial charge >= 0.3 is 0 Å². The molecule has 2 rings (SSSR count). The van der Waals surface area contributed by atoms with Gasteiger partial charge in [-0.3, -0.25) is 0 Å². The monoisotopic (exact) mass is 287 g/mol. The Hall–Kier alpha value is -1.81. The van der Waals surface area contributed by atoms with Crippen LogP contribution in [0.5, 0.6) is 5.75 Å². The fraction of sp³-hybridized carbons (Fsp3) is 0.471. The highest BCUT2D eigenvalue weighted by Crippen LogP contribution is 2.28. The van der Waals surface area contributed by atoms with Crippen LogP contribution in [0.25, 0.3) is 0 Å². The molecule has 0 spiro atoms. The predicted molar refractivity (Wildman–Crippen MR) is 85.7 cm³/mol. The normalized spacial score (nSPS) is 13.9. The molecule has 1 heterocycles. The maximum atomic E-state index is 5.24. The van der Waals surface area contributed by atoms with Crippen molar-refractivity contribution in [1.29, 1.82) is 0 Å². The van der Waals surface area contributed by atoms with Gasteiger partial charge in [0.25, 0.3) is 0 Å². The lowest BCUT2D eigenvalue weighted by molar-refractivity contribution is 0.376. The van der Waals surface area contributed by atoms with Gasteiger partial charge in [0.15, 0.2) is 0 Å². The molecule has 0 saturated carbocycles. The van der Waals surface area contributed by atoms with Crippen LogP contribution in [0.3, 0.4) is 0 Å². The summed E-state index contributed by atoms with van der Waals surface area (Å²) in [5.41, 5.74) is 1.26. The minimum Gasteiger partial charge on any atom is -0.497 e. The summed E-state index contributed by atoms with van der Waals surface area (Å²) in [7, 11) is 1.69. The molecule has 1 aromatic carbocycles. The molecule has 0 aliphatic heterocycles. The summed E-state index contributed by atoms with van der Waals surface area (Å²) in [4.78, 5) is 4.43. The van der Waals surface area contributed by atoms with E-state index in [1.807, 2.05) is 18.3 Å². The van der Waals surface area contributed by atoms with Gasteiger partial charge < -0.3 is 14.6 Å². The average Bonchev–Trinajstić information content (AvgIpc) is 3.00. The highest BCUT2D eigenvalue weighted by molar-refractivity contribution is 5.29. The van der Waals surface area contributed by atoms with Gasteiger partial charge in [0.2, 0.25) is 0 Å². The standard InChI is InChI=1S/C17H25N3O/c1-5-16-19-11-12-20(16)13(3)17(18-6-2)14-7-9-15(21-4)10-8-14/h7-13,17-18H,5-6H2,1-4H3. The number of ether oxygens (including phenoxy) is 1. The molecule has 2 unspecified atom stereocenters. The molecule has 1 aromatic heterocycles. The van der Waals surface area contributed by atoms with Gasteiger partial charge in [-0.1, -0.05) is 26.0 Å². The number of aromatic nitrogens is 2. The highest BCUT2D eigenvalue weighted by Gasteiger charge is 2.21. The van der Waals surface area contributed by atoms with Crippen molar-refractivity contribution in [3.8, 4) is 5.75 Å². The first kappa shape index (κ1) is 15.6. The Kier molecular flexibility index (Phi) is 5.39. The largest absolute Gasteiger partial charge is 0.497 e. The molecule has 0 aliphatic carbocycles. The summed E-state index contributed by atoms with van der Waals surface area (Å²) in [5.74, 6) is 2.01. The molecule has 4 nitrogen and oxygen atoms in total. The predicted octanol–water partition coefficient (Wildman–Crippen LogP) is 3.37. The van der Waals surface area contributed by atoms with Gasteiger partial charge in [-0.15, -0.1) is 0 Å². The summed E-state index contributed by atoms with van der Waals surface area (Å²) >= 11 is 0. The molecule has 0 saturated heterocycles. The van der Waals surface area contributed by atoms with Crippen molar-refractivity contribution < 1.29 is 4.74 Å². The highest BCUT2D eigenvalue weighted by atomic mass is 16.5. The van der Waals surface area contributed by atoms with Crippen LogP contribution < -0.4 is 10.1 Å². The van der Waals surface area contributed by atoms with Gasteiger partial charge in [-0.2, -0.15) is 0 Å². The van der Waals surface area contributed by atoms with E-state index >= 15 is 0 Å². The molecule has 0 amide bonds. The summed E-state index contributed by atoms with van der Waals surface area (Å²) in [6.07, 6.45) is 4.89. The number of aryl methyl sites for hydroxylation is 1. The Labute approximate surface area is 127 Å². The number of imidazole rings is 1. The first-order chi connectivity index (χ1) is 10.2. The maximum Gasteiger partial charge on any atom is 0.118 e. The molecule has 2 atom stereocenters. The third kappa shape index (κ3) is 3.45. The summed E-state index contributed by atoms with van der Waals surface area (Å²) in [5, 5.41) is 3.59. The Balaban J connectivity index is 2.28. The molecule has 114 valence electrons.